The van der Waals surface area contributed by atoms with Crippen LogP contribution in [0.4, 0.5) is 17.6 Å². The van der Waals surface area contributed by atoms with Crippen molar-refractivity contribution in [2.45, 2.75) is 103 Å². The lowest BCUT2D eigenvalue weighted by molar-refractivity contribution is -0.119. The summed E-state index contributed by atoms with van der Waals surface area (Å²) in [6, 6.07) is 14.8. The molecule has 0 saturated heterocycles. The second-order valence-corrected chi connectivity index (χ2v) is 28.8. The molecule has 92 heavy (non-hydrogen) atoms. The van der Waals surface area contributed by atoms with E-state index in [4.69, 9.17) is 46.4 Å². The molecule has 0 aliphatic heterocycles. The highest BCUT2D eigenvalue weighted by molar-refractivity contribution is 7.18. The van der Waals surface area contributed by atoms with Crippen LogP contribution in [0, 0.1) is 46.9 Å². The molecule has 4 aromatic heterocycles. The van der Waals surface area contributed by atoms with Gasteiger partial charge in [0, 0.05) is 68.0 Å². The van der Waals surface area contributed by atoms with Gasteiger partial charge in [-0.3, -0.25) is 38.4 Å². The first-order valence-electron chi connectivity index (χ1n) is 28.7. The maximum Gasteiger partial charge on any atom is 0.263 e. The van der Waals surface area contributed by atoms with Gasteiger partial charge in [-0.15, -0.1) is 45.3 Å². The zero-order valence-electron chi connectivity index (χ0n) is 49.2. The van der Waals surface area contributed by atoms with Crippen LogP contribution >= 0.6 is 91.8 Å². The number of hydrogen-bond acceptors (Lipinski definition) is 16. The number of hydrogen-bond donors (Lipinski definition) is 4. The smallest absolute Gasteiger partial charge is 0.263 e. The molecule has 28 heteroatoms. The molecular formula is C64H56Cl4F4N8O8S4. The fraction of sp³-hybridized carbons (Fsp3) is 0.312. The van der Waals surface area contributed by atoms with Crippen LogP contribution in [-0.4, -0.2) is 90.9 Å². The standard InChI is InChI=1S/4C16H14ClFN2O2S/c4*1-8-2-12(13(21)3-8)20-15(22)14-7-19-16(23-14)9-4-10(17)6-11(18)5-9/h4*4-8,12H,2-3H2,1H3,(H,20,22)/t2*8-,12+;2*8-,12-/m1010/s1. The van der Waals surface area contributed by atoms with Crippen molar-refractivity contribution in [1.29, 1.82) is 0 Å². The largest absolute Gasteiger partial charge is 0.341 e. The molecule has 0 spiro atoms. The Bertz CT molecular complexity index is 3550. The Morgan fingerprint density at radius 3 is 0.717 bits per heavy atom. The van der Waals surface area contributed by atoms with Gasteiger partial charge in [-0.05, 0) is 122 Å². The molecule has 4 heterocycles. The maximum atomic E-state index is 13.4. The number of Topliss-reactive ketones (excluding diaryl/α,β-unsaturated/α-hetero) is 4. The summed E-state index contributed by atoms with van der Waals surface area (Å²) in [6.45, 7) is 7.95. The van der Waals surface area contributed by atoms with Crippen molar-refractivity contribution in [3.63, 3.8) is 0 Å². The predicted octanol–water partition coefficient (Wildman–Crippen LogP) is 14.8. The van der Waals surface area contributed by atoms with Gasteiger partial charge in [0.25, 0.3) is 23.6 Å². The van der Waals surface area contributed by atoms with E-state index in [-0.39, 0.29) is 66.9 Å². The van der Waals surface area contributed by atoms with Crippen molar-refractivity contribution in [1.82, 2.24) is 41.2 Å². The SMILES string of the molecule is C[C@@H]1CC(=O)[C@@H](NC(=O)c2cnc(-c3cc(F)cc(Cl)c3)s2)C1.C[C@@H]1CC(=O)[C@H](NC(=O)c2cnc(-c3cc(F)cc(Cl)c3)s2)C1.C[C@H]1CC(=O)[C@@H](NC(=O)c2cnc(-c3cc(F)cc(Cl)c3)s2)C1.C[C@H]1CC(=O)[C@H](NC(=O)c2cnc(-c3cc(F)cc(Cl)c3)s2)C1. The van der Waals surface area contributed by atoms with Crippen LogP contribution in [0.5, 0.6) is 0 Å². The van der Waals surface area contributed by atoms with E-state index in [0.717, 1.165) is 45.3 Å². The molecule has 4 aliphatic rings. The van der Waals surface area contributed by atoms with Gasteiger partial charge in [-0.2, -0.15) is 0 Å². The van der Waals surface area contributed by atoms with Crippen molar-refractivity contribution >= 4 is 139 Å². The lowest BCUT2D eigenvalue weighted by atomic mass is 10.1. The van der Waals surface area contributed by atoms with Gasteiger partial charge in [0.1, 0.15) is 62.8 Å². The second-order valence-electron chi connectivity index (χ2n) is 22.9. The molecule has 4 aliphatic carbocycles. The van der Waals surface area contributed by atoms with Gasteiger partial charge < -0.3 is 21.3 Å². The number of benzene rings is 4. The third kappa shape index (κ3) is 18.6. The lowest BCUT2D eigenvalue weighted by Crippen LogP contribution is -2.37. The maximum absolute atomic E-state index is 13.4. The summed E-state index contributed by atoms with van der Waals surface area (Å²) in [4.78, 5) is 114. The molecule has 4 saturated carbocycles. The Morgan fingerprint density at radius 2 is 0.554 bits per heavy atom. The molecule has 8 aromatic rings. The Kier molecular flexibility index (Phi) is 23.1. The predicted molar refractivity (Wildman–Crippen MR) is 349 cm³/mol. The molecule has 16 nitrogen and oxygen atoms in total. The topological polar surface area (TPSA) is 236 Å². The average molecular weight is 1410 g/mol. The second kappa shape index (κ2) is 30.7. The van der Waals surface area contributed by atoms with E-state index in [1.165, 1.54) is 73.3 Å². The lowest BCUT2D eigenvalue weighted by Gasteiger charge is -2.09. The number of aromatic nitrogens is 4. The summed E-state index contributed by atoms with van der Waals surface area (Å²) >= 11 is 27.9. The molecule has 8 atom stereocenters. The first-order chi connectivity index (χ1) is 43.7. The van der Waals surface area contributed by atoms with E-state index in [2.05, 4.69) is 41.2 Å². The fourth-order valence-electron chi connectivity index (χ4n) is 10.6. The van der Waals surface area contributed by atoms with Crippen LogP contribution in [0.3, 0.4) is 0 Å². The monoisotopic (exact) mass is 1410 g/mol. The Hall–Kier alpha value is -7.16. The number of halogens is 8. The molecule has 12 rings (SSSR count). The zero-order chi connectivity index (χ0) is 66.2. The highest BCUT2D eigenvalue weighted by Gasteiger charge is 2.35. The van der Waals surface area contributed by atoms with Crippen LogP contribution in [0.25, 0.3) is 42.3 Å². The van der Waals surface area contributed by atoms with E-state index in [1.54, 1.807) is 24.3 Å². The summed E-state index contributed by atoms with van der Waals surface area (Å²) in [5.41, 5.74) is 2.07. The van der Waals surface area contributed by atoms with E-state index >= 15 is 0 Å². The molecule has 0 radical (unpaired) electrons. The van der Waals surface area contributed by atoms with Crippen LogP contribution in [0.2, 0.25) is 20.1 Å². The van der Waals surface area contributed by atoms with Crippen molar-refractivity contribution < 1.29 is 55.9 Å². The fourth-order valence-corrected chi connectivity index (χ4v) is 14.8. The van der Waals surface area contributed by atoms with Gasteiger partial charge in [0.05, 0.1) is 49.0 Å². The quantitative estimate of drug-likeness (QED) is 0.0836. The van der Waals surface area contributed by atoms with Crippen molar-refractivity contribution in [3.05, 3.63) is 160 Å². The van der Waals surface area contributed by atoms with Gasteiger partial charge in [-0.25, -0.2) is 37.5 Å². The number of thiazole rings is 4. The summed E-state index contributed by atoms with van der Waals surface area (Å²) in [6.07, 6.45) is 10.4. The van der Waals surface area contributed by atoms with Crippen LogP contribution in [0.15, 0.2) is 97.6 Å². The first-order valence-corrected chi connectivity index (χ1v) is 33.5. The number of amides is 4. The minimum absolute atomic E-state index is 0.0625. The van der Waals surface area contributed by atoms with Gasteiger partial charge >= 0.3 is 0 Å². The minimum atomic E-state index is -0.459. The Morgan fingerprint density at radius 1 is 0.359 bits per heavy atom. The Labute approximate surface area is 561 Å². The number of rotatable bonds is 12. The zero-order valence-corrected chi connectivity index (χ0v) is 55.5. The summed E-state index contributed by atoms with van der Waals surface area (Å²) < 4.78 is 53.6. The highest BCUT2D eigenvalue weighted by Crippen LogP contribution is 2.34. The normalized spacial score (nSPS) is 20.7. The number of carbonyl (C=O) groups excluding carboxylic acids is 8. The van der Waals surface area contributed by atoms with Crippen LogP contribution in [0.1, 0.15) is 118 Å². The molecule has 4 amide bonds. The van der Waals surface area contributed by atoms with Crippen molar-refractivity contribution in [3.8, 4) is 42.3 Å². The molecule has 4 aromatic carbocycles. The molecule has 480 valence electrons. The third-order valence-corrected chi connectivity index (χ3v) is 19.9. The molecule has 0 unspecified atom stereocenters. The van der Waals surface area contributed by atoms with Gasteiger partial charge in [0.15, 0.2) is 23.1 Å². The average Bonchev–Trinajstić information content (AvgIpc) is 1.78. The molecular weight excluding hydrogens is 1350 g/mol. The van der Waals surface area contributed by atoms with Crippen molar-refractivity contribution in [2.75, 3.05) is 0 Å². The Balaban J connectivity index is 0.000000145. The number of carbonyl (C=O) groups is 8. The minimum Gasteiger partial charge on any atom is -0.341 e. The summed E-state index contributed by atoms with van der Waals surface area (Å²) in [5, 5.41) is 14.1. The van der Waals surface area contributed by atoms with E-state index in [9.17, 15) is 55.9 Å². The number of ketones is 4. The number of nitrogens with one attached hydrogen (secondary N) is 4. The van der Waals surface area contributed by atoms with E-state index < -0.39 is 47.4 Å². The van der Waals surface area contributed by atoms with E-state index in [1.807, 2.05) is 27.7 Å². The van der Waals surface area contributed by atoms with Gasteiger partial charge in [0.2, 0.25) is 0 Å². The van der Waals surface area contributed by atoms with E-state index in [0.29, 0.717) is 137 Å². The highest BCUT2D eigenvalue weighted by atomic mass is 35.5. The van der Waals surface area contributed by atoms with Crippen LogP contribution < -0.4 is 21.3 Å². The number of nitrogens with zero attached hydrogens (tertiary/aromatic N) is 4. The third-order valence-electron chi connectivity index (χ3n) is 14.9. The summed E-state index contributed by atoms with van der Waals surface area (Å²) in [5.74, 6) is -1.74. The first kappa shape index (κ1) is 69.2. The van der Waals surface area contributed by atoms with Gasteiger partial charge in [-0.1, -0.05) is 74.1 Å². The molecule has 4 N–H and O–H groups in total. The molecule has 0 bridgehead atoms. The van der Waals surface area contributed by atoms with Crippen LogP contribution in [-0.2, 0) is 19.2 Å². The molecule has 4 fully saturated rings. The van der Waals surface area contributed by atoms with Crippen molar-refractivity contribution in [2.24, 2.45) is 23.7 Å². The summed E-state index contributed by atoms with van der Waals surface area (Å²) in [7, 11) is 0.